The van der Waals surface area contributed by atoms with Gasteiger partial charge in [-0.15, -0.1) is 11.3 Å². The Morgan fingerprint density at radius 2 is 2.54 bits per heavy atom. The smallest absolute Gasteiger partial charge is 0.185 e. The molecule has 0 saturated carbocycles. The number of nitrogens with one attached hydrogen (secondary N) is 1. The molecule has 0 aromatic carbocycles. The molecule has 0 spiro atoms. The van der Waals surface area contributed by atoms with Crippen LogP contribution in [0.15, 0.2) is 6.20 Å². The summed E-state index contributed by atoms with van der Waals surface area (Å²) in [4.78, 5) is 7.95. The molecule has 1 fully saturated rings. The highest BCUT2D eigenvalue weighted by Gasteiger charge is 2.20. The Labute approximate surface area is 82.8 Å². The van der Waals surface area contributed by atoms with Gasteiger partial charge in [-0.3, -0.25) is 0 Å². The minimum atomic E-state index is 0.630. The molecule has 1 aliphatic rings. The van der Waals surface area contributed by atoms with E-state index < -0.39 is 0 Å². The van der Waals surface area contributed by atoms with Gasteiger partial charge in [0, 0.05) is 30.7 Å². The molecule has 4 heteroatoms. The first-order chi connectivity index (χ1) is 6.27. The second-order valence-corrected chi connectivity index (χ2v) is 4.72. The van der Waals surface area contributed by atoms with Gasteiger partial charge in [-0.1, -0.05) is 0 Å². The van der Waals surface area contributed by atoms with E-state index in [0.29, 0.717) is 6.04 Å². The largest absolute Gasteiger partial charge is 0.347 e. The number of hydrogen-bond acceptors (Lipinski definition) is 4. The van der Waals surface area contributed by atoms with Crippen molar-refractivity contribution in [1.29, 1.82) is 0 Å². The monoisotopic (exact) mass is 197 g/mol. The standard InChI is InChI=1S/C9H15N3S/c1-7-5-11-9(13-7)12(2)8-3-4-10-6-8/h5,8,10H,3-4,6H2,1-2H3. The van der Waals surface area contributed by atoms with E-state index in [9.17, 15) is 0 Å². The van der Waals surface area contributed by atoms with Crippen LogP contribution in [-0.2, 0) is 0 Å². The molecule has 1 N–H and O–H groups in total. The normalized spacial score (nSPS) is 22.2. The van der Waals surface area contributed by atoms with Crippen molar-refractivity contribution < 1.29 is 0 Å². The lowest BCUT2D eigenvalue weighted by atomic mass is 10.2. The van der Waals surface area contributed by atoms with Gasteiger partial charge in [0.1, 0.15) is 0 Å². The highest BCUT2D eigenvalue weighted by molar-refractivity contribution is 7.15. The average Bonchev–Trinajstić information content (AvgIpc) is 2.72. The van der Waals surface area contributed by atoms with E-state index in [1.807, 2.05) is 6.20 Å². The van der Waals surface area contributed by atoms with Gasteiger partial charge in [-0.2, -0.15) is 0 Å². The van der Waals surface area contributed by atoms with E-state index >= 15 is 0 Å². The lowest BCUT2D eigenvalue weighted by Crippen LogP contribution is -2.33. The quantitative estimate of drug-likeness (QED) is 0.773. The molecule has 1 aliphatic heterocycles. The van der Waals surface area contributed by atoms with Crippen molar-refractivity contribution in [2.24, 2.45) is 0 Å². The molecular formula is C9H15N3S. The Bertz CT molecular complexity index is 278. The van der Waals surface area contributed by atoms with Gasteiger partial charge in [-0.05, 0) is 19.9 Å². The fraction of sp³-hybridized carbons (Fsp3) is 0.667. The molecule has 1 unspecified atom stereocenters. The van der Waals surface area contributed by atoms with E-state index in [0.717, 1.165) is 18.2 Å². The molecule has 0 radical (unpaired) electrons. The summed E-state index contributed by atoms with van der Waals surface area (Å²) in [6, 6.07) is 0.630. The number of aryl methyl sites for hydroxylation is 1. The first kappa shape index (κ1) is 8.97. The van der Waals surface area contributed by atoms with Crippen LogP contribution < -0.4 is 10.2 Å². The zero-order chi connectivity index (χ0) is 9.26. The molecule has 0 aliphatic carbocycles. The molecule has 2 rings (SSSR count). The Balaban J connectivity index is 2.07. The van der Waals surface area contributed by atoms with Crippen LogP contribution in [0.5, 0.6) is 0 Å². The van der Waals surface area contributed by atoms with Crippen LogP contribution in [0.2, 0.25) is 0 Å². The van der Waals surface area contributed by atoms with Gasteiger partial charge in [0.25, 0.3) is 0 Å². The molecule has 1 atom stereocenters. The zero-order valence-corrected chi connectivity index (χ0v) is 8.90. The molecule has 0 bridgehead atoms. The number of thiazole rings is 1. The average molecular weight is 197 g/mol. The second-order valence-electron chi connectivity index (χ2n) is 3.51. The Hall–Kier alpha value is -0.610. The van der Waals surface area contributed by atoms with Crippen LogP contribution in [-0.4, -0.2) is 31.2 Å². The van der Waals surface area contributed by atoms with Crippen LogP contribution in [0.3, 0.4) is 0 Å². The lowest BCUT2D eigenvalue weighted by Gasteiger charge is -2.22. The summed E-state index contributed by atoms with van der Waals surface area (Å²) in [6.45, 7) is 4.33. The molecule has 3 nitrogen and oxygen atoms in total. The Morgan fingerprint density at radius 1 is 1.69 bits per heavy atom. The number of likely N-dealkylation sites (N-methyl/N-ethyl adjacent to an activating group) is 1. The van der Waals surface area contributed by atoms with Gasteiger partial charge in [0.15, 0.2) is 5.13 Å². The summed E-state index contributed by atoms with van der Waals surface area (Å²) >= 11 is 1.77. The second kappa shape index (κ2) is 3.64. The molecule has 0 amide bonds. The molecule has 2 heterocycles. The van der Waals surface area contributed by atoms with Crippen molar-refractivity contribution in [2.45, 2.75) is 19.4 Å². The molecule has 1 aromatic rings. The summed E-state index contributed by atoms with van der Waals surface area (Å²) in [7, 11) is 2.13. The Morgan fingerprint density at radius 3 is 3.08 bits per heavy atom. The first-order valence-corrected chi connectivity index (χ1v) is 5.45. The van der Waals surface area contributed by atoms with Crippen molar-refractivity contribution in [1.82, 2.24) is 10.3 Å². The van der Waals surface area contributed by atoms with Crippen LogP contribution in [0.4, 0.5) is 5.13 Å². The van der Waals surface area contributed by atoms with Crippen molar-refractivity contribution in [3.05, 3.63) is 11.1 Å². The van der Waals surface area contributed by atoms with E-state index in [1.54, 1.807) is 11.3 Å². The third kappa shape index (κ3) is 1.84. The SMILES string of the molecule is Cc1cnc(N(C)C2CCNC2)s1. The Kier molecular flexibility index (Phi) is 2.51. The maximum Gasteiger partial charge on any atom is 0.185 e. The molecule has 1 saturated heterocycles. The van der Waals surface area contributed by atoms with Crippen LogP contribution in [0.25, 0.3) is 0 Å². The zero-order valence-electron chi connectivity index (χ0n) is 8.08. The summed E-state index contributed by atoms with van der Waals surface area (Å²) < 4.78 is 0. The topological polar surface area (TPSA) is 28.2 Å². The van der Waals surface area contributed by atoms with Crippen LogP contribution in [0.1, 0.15) is 11.3 Å². The van der Waals surface area contributed by atoms with Crippen LogP contribution >= 0.6 is 11.3 Å². The summed E-state index contributed by atoms with van der Waals surface area (Å²) in [6.07, 6.45) is 3.17. The number of anilines is 1. The summed E-state index contributed by atoms with van der Waals surface area (Å²) in [5.41, 5.74) is 0. The van der Waals surface area contributed by atoms with Crippen molar-refractivity contribution in [3.63, 3.8) is 0 Å². The van der Waals surface area contributed by atoms with Gasteiger partial charge in [0.05, 0.1) is 0 Å². The van der Waals surface area contributed by atoms with Crippen molar-refractivity contribution in [3.8, 4) is 0 Å². The molecule has 72 valence electrons. The van der Waals surface area contributed by atoms with Gasteiger partial charge in [-0.25, -0.2) is 4.98 Å². The third-order valence-corrected chi connectivity index (χ3v) is 3.50. The number of hydrogen-bond donors (Lipinski definition) is 1. The van der Waals surface area contributed by atoms with E-state index in [2.05, 4.69) is 29.2 Å². The highest BCUT2D eigenvalue weighted by atomic mass is 32.1. The minimum Gasteiger partial charge on any atom is -0.347 e. The lowest BCUT2D eigenvalue weighted by molar-refractivity contribution is 0.684. The fourth-order valence-corrected chi connectivity index (χ4v) is 2.42. The summed E-state index contributed by atoms with van der Waals surface area (Å²) in [5.74, 6) is 0. The van der Waals surface area contributed by atoms with E-state index in [-0.39, 0.29) is 0 Å². The van der Waals surface area contributed by atoms with Gasteiger partial charge < -0.3 is 10.2 Å². The molecule has 1 aromatic heterocycles. The van der Waals surface area contributed by atoms with E-state index in [4.69, 9.17) is 0 Å². The van der Waals surface area contributed by atoms with Gasteiger partial charge >= 0.3 is 0 Å². The predicted molar refractivity (Wildman–Crippen MR) is 56.5 cm³/mol. The molecule has 13 heavy (non-hydrogen) atoms. The third-order valence-electron chi connectivity index (χ3n) is 2.49. The van der Waals surface area contributed by atoms with Crippen molar-refractivity contribution in [2.75, 3.05) is 25.0 Å². The fourth-order valence-electron chi connectivity index (χ4n) is 1.63. The minimum absolute atomic E-state index is 0.630. The number of rotatable bonds is 2. The first-order valence-electron chi connectivity index (χ1n) is 4.63. The van der Waals surface area contributed by atoms with E-state index in [1.165, 1.54) is 11.3 Å². The molecular weight excluding hydrogens is 182 g/mol. The highest BCUT2D eigenvalue weighted by Crippen LogP contribution is 2.23. The van der Waals surface area contributed by atoms with Crippen molar-refractivity contribution >= 4 is 16.5 Å². The van der Waals surface area contributed by atoms with Gasteiger partial charge in [0.2, 0.25) is 0 Å². The maximum absolute atomic E-state index is 4.38. The maximum atomic E-state index is 4.38. The number of nitrogens with zero attached hydrogens (tertiary/aromatic N) is 2. The predicted octanol–water partition coefficient (Wildman–Crippen LogP) is 1.25. The summed E-state index contributed by atoms with van der Waals surface area (Å²) in [5, 5.41) is 4.51. The van der Waals surface area contributed by atoms with Crippen LogP contribution in [0, 0.1) is 6.92 Å². The number of aromatic nitrogens is 1.